The number of rotatable bonds is 8. The molecule has 140 valence electrons. The van der Waals surface area contributed by atoms with Crippen LogP contribution in [0.3, 0.4) is 0 Å². The molecule has 2 aromatic carbocycles. The summed E-state index contributed by atoms with van der Waals surface area (Å²) in [4.78, 5) is 34.3. The summed E-state index contributed by atoms with van der Waals surface area (Å²) in [6.45, 7) is 3.43. The van der Waals surface area contributed by atoms with E-state index in [1.165, 1.54) is 30.4 Å². The van der Waals surface area contributed by atoms with Crippen LogP contribution in [0.1, 0.15) is 28.4 Å². The number of hydrogen-bond acceptors (Lipinski definition) is 6. The number of nitro benzene ring substituents is 1. The molecule has 0 saturated carbocycles. The van der Waals surface area contributed by atoms with Gasteiger partial charge in [-0.25, -0.2) is 4.79 Å². The van der Waals surface area contributed by atoms with Crippen LogP contribution in [-0.2, 0) is 9.53 Å². The second-order valence-electron chi connectivity index (χ2n) is 5.59. The summed E-state index contributed by atoms with van der Waals surface area (Å²) in [7, 11) is 0. The molecule has 0 spiro atoms. The molecule has 7 heteroatoms. The van der Waals surface area contributed by atoms with E-state index in [0.29, 0.717) is 23.5 Å². The van der Waals surface area contributed by atoms with E-state index in [2.05, 4.69) is 0 Å². The fraction of sp³-hybridized carbons (Fsp3) is 0.200. The molecule has 2 rings (SSSR count). The average molecular weight is 369 g/mol. The number of hydrogen-bond donors (Lipinski definition) is 0. The van der Waals surface area contributed by atoms with E-state index in [-0.39, 0.29) is 11.3 Å². The highest BCUT2D eigenvalue weighted by Crippen LogP contribution is 2.20. The van der Waals surface area contributed by atoms with Gasteiger partial charge in [0.25, 0.3) is 5.69 Å². The standard InChI is InChI=1S/C20H19NO6/c1-3-26-19-7-5-4-6-15(19)10-11-20(23)27-13-18(22)16-9-8-14(2)17(12-16)21(24)25/h4-12H,3,13H2,1-2H3/b11-10+. The summed E-state index contributed by atoms with van der Waals surface area (Å²) in [5.74, 6) is -0.585. The maximum atomic E-state index is 12.1. The number of para-hydroxylation sites is 1. The lowest BCUT2D eigenvalue weighted by Crippen LogP contribution is -2.13. The lowest BCUT2D eigenvalue weighted by molar-refractivity contribution is -0.385. The molecule has 0 bridgehead atoms. The van der Waals surface area contributed by atoms with Gasteiger partial charge in [0.2, 0.25) is 5.78 Å². The second-order valence-corrected chi connectivity index (χ2v) is 5.59. The lowest BCUT2D eigenvalue weighted by Gasteiger charge is -2.06. The van der Waals surface area contributed by atoms with E-state index < -0.39 is 23.3 Å². The number of aryl methyl sites for hydroxylation is 1. The SMILES string of the molecule is CCOc1ccccc1/C=C/C(=O)OCC(=O)c1ccc(C)c([N+](=O)[O-])c1. The Labute approximate surface area is 156 Å². The zero-order valence-electron chi connectivity index (χ0n) is 15.0. The zero-order chi connectivity index (χ0) is 19.8. The van der Waals surface area contributed by atoms with Gasteiger partial charge >= 0.3 is 5.97 Å². The maximum Gasteiger partial charge on any atom is 0.331 e. The first-order valence-electron chi connectivity index (χ1n) is 8.27. The van der Waals surface area contributed by atoms with E-state index in [4.69, 9.17) is 9.47 Å². The minimum absolute atomic E-state index is 0.116. The van der Waals surface area contributed by atoms with Gasteiger partial charge in [-0.05, 0) is 26.0 Å². The van der Waals surface area contributed by atoms with Crippen LogP contribution in [0.4, 0.5) is 5.69 Å². The Balaban J connectivity index is 1.98. The van der Waals surface area contributed by atoms with Gasteiger partial charge < -0.3 is 9.47 Å². The Kier molecular flexibility index (Phi) is 6.82. The first kappa shape index (κ1) is 19.8. The molecule has 0 atom stereocenters. The minimum atomic E-state index is -0.698. The summed E-state index contributed by atoms with van der Waals surface area (Å²) in [5, 5.41) is 10.9. The molecule has 0 aliphatic carbocycles. The lowest BCUT2D eigenvalue weighted by atomic mass is 10.1. The van der Waals surface area contributed by atoms with Crippen molar-refractivity contribution >= 4 is 23.5 Å². The Hall–Kier alpha value is -3.48. The predicted octanol–water partition coefficient (Wildman–Crippen LogP) is 3.74. The van der Waals surface area contributed by atoms with Crippen molar-refractivity contribution in [3.05, 3.63) is 75.3 Å². The van der Waals surface area contributed by atoms with Crippen LogP contribution >= 0.6 is 0 Å². The molecule has 0 radical (unpaired) electrons. The summed E-state index contributed by atoms with van der Waals surface area (Å²) in [6.07, 6.45) is 2.73. The monoisotopic (exact) mass is 369 g/mol. The Morgan fingerprint density at radius 1 is 1.19 bits per heavy atom. The highest BCUT2D eigenvalue weighted by molar-refractivity contribution is 5.99. The molecule has 0 aromatic heterocycles. The van der Waals surface area contributed by atoms with Crippen molar-refractivity contribution in [2.24, 2.45) is 0 Å². The van der Waals surface area contributed by atoms with Gasteiger partial charge in [-0.1, -0.05) is 30.3 Å². The second kappa shape index (κ2) is 9.28. The van der Waals surface area contributed by atoms with E-state index in [1.54, 1.807) is 25.1 Å². The van der Waals surface area contributed by atoms with E-state index in [9.17, 15) is 19.7 Å². The predicted molar refractivity (Wildman–Crippen MR) is 99.8 cm³/mol. The van der Waals surface area contributed by atoms with Crippen molar-refractivity contribution in [3.8, 4) is 5.75 Å². The topological polar surface area (TPSA) is 95.7 Å². The quantitative estimate of drug-likeness (QED) is 0.231. The number of carbonyl (C=O) groups is 2. The Morgan fingerprint density at radius 3 is 2.63 bits per heavy atom. The molecule has 27 heavy (non-hydrogen) atoms. The number of nitrogens with zero attached hydrogens (tertiary/aromatic N) is 1. The van der Waals surface area contributed by atoms with Crippen molar-refractivity contribution < 1.29 is 24.0 Å². The van der Waals surface area contributed by atoms with Gasteiger partial charge in [-0.15, -0.1) is 0 Å². The molecule has 0 aliphatic heterocycles. The van der Waals surface area contributed by atoms with Gasteiger partial charge in [0.1, 0.15) is 5.75 Å². The number of ketones is 1. The third-order valence-electron chi connectivity index (χ3n) is 3.69. The van der Waals surface area contributed by atoms with Crippen LogP contribution in [0.25, 0.3) is 6.08 Å². The van der Waals surface area contributed by atoms with E-state index >= 15 is 0 Å². The maximum absolute atomic E-state index is 12.1. The van der Waals surface area contributed by atoms with Gasteiger partial charge in [-0.3, -0.25) is 14.9 Å². The number of esters is 1. The van der Waals surface area contributed by atoms with Crippen molar-refractivity contribution in [1.82, 2.24) is 0 Å². The Bertz CT molecular complexity index is 888. The number of carbonyl (C=O) groups excluding carboxylic acids is 2. The summed E-state index contributed by atoms with van der Waals surface area (Å²) < 4.78 is 10.4. The van der Waals surface area contributed by atoms with Gasteiger partial charge in [0.15, 0.2) is 6.61 Å². The third kappa shape index (κ3) is 5.50. The molecule has 0 N–H and O–H groups in total. The molecule has 0 heterocycles. The molecular weight excluding hydrogens is 350 g/mol. The van der Waals surface area contributed by atoms with Crippen LogP contribution in [0.15, 0.2) is 48.5 Å². The van der Waals surface area contributed by atoms with Crippen LogP contribution < -0.4 is 4.74 Å². The van der Waals surface area contributed by atoms with E-state index in [0.717, 1.165) is 0 Å². The number of Topliss-reactive ketones (excluding diaryl/α,β-unsaturated/α-hetero) is 1. The Morgan fingerprint density at radius 2 is 1.93 bits per heavy atom. The first-order valence-corrected chi connectivity index (χ1v) is 8.27. The van der Waals surface area contributed by atoms with Crippen molar-refractivity contribution in [3.63, 3.8) is 0 Å². The third-order valence-corrected chi connectivity index (χ3v) is 3.69. The summed E-state index contributed by atoms with van der Waals surface area (Å²) in [6, 6.07) is 11.3. The van der Waals surface area contributed by atoms with Crippen LogP contribution in [0.5, 0.6) is 5.75 Å². The molecule has 0 aliphatic rings. The summed E-state index contributed by atoms with van der Waals surface area (Å²) >= 11 is 0. The smallest absolute Gasteiger partial charge is 0.331 e. The van der Waals surface area contributed by atoms with Gasteiger partial charge in [0, 0.05) is 28.8 Å². The molecular formula is C20H19NO6. The van der Waals surface area contributed by atoms with Crippen LogP contribution in [0, 0.1) is 17.0 Å². The van der Waals surface area contributed by atoms with Crippen LogP contribution in [0.2, 0.25) is 0 Å². The highest BCUT2D eigenvalue weighted by atomic mass is 16.6. The van der Waals surface area contributed by atoms with Crippen molar-refractivity contribution in [2.45, 2.75) is 13.8 Å². The molecule has 7 nitrogen and oxygen atoms in total. The largest absolute Gasteiger partial charge is 0.493 e. The summed E-state index contributed by atoms with van der Waals surface area (Å²) in [5.41, 5.74) is 1.12. The average Bonchev–Trinajstić information content (AvgIpc) is 2.65. The normalized spacial score (nSPS) is 10.6. The molecule has 0 unspecified atom stereocenters. The number of ether oxygens (including phenoxy) is 2. The van der Waals surface area contributed by atoms with Gasteiger partial charge in [-0.2, -0.15) is 0 Å². The van der Waals surface area contributed by atoms with E-state index in [1.807, 2.05) is 13.0 Å². The molecule has 0 amide bonds. The number of benzene rings is 2. The molecule has 0 fully saturated rings. The minimum Gasteiger partial charge on any atom is -0.493 e. The number of nitro groups is 1. The highest BCUT2D eigenvalue weighted by Gasteiger charge is 2.16. The van der Waals surface area contributed by atoms with Crippen molar-refractivity contribution in [1.29, 1.82) is 0 Å². The van der Waals surface area contributed by atoms with Gasteiger partial charge in [0.05, 0.1) is 11.5 Å². The van der Waals surface area contributed by atoms with Crippen molar-refractivity contribution in [2.75, 3.05) is 13.2 Å². The first-order chi connectivity index (χ1) is 12.9. The zero-order valence-corrected chi connectivity index (χ0v) is 15.0. The fourth-order valence-corrected chi connectivity index (χ4v) is 2.31. The molecule has 0 saturated heterocycles. The van der Waals surface area contributed by atoms with Crippen LogP contribution in [-0.4, -0.2) is 29.9 Å². The molecule has 2 aromatic rings. The fourth-order valence-electron chi connectivity index (χ4n) is 2.31.